The van der Waals surface area contributed by atoms with Crippen molar-refractivity contribution in [1.82, 2.24) is 4.90 Å². The smallest absolute Gasteiger partial charge is 0.254 e. The van der Waals surface area contributed by atoms with E-state index in [2.05, 4.69) is 0 Å². The second kappa shape index (κ2) is 6.37. The topological polar surface area (TPSA) is 59.1 Å². The molecule has 0 aliphatic carbocycles. The van der Waals surface area contributed by atoms with Gasteiger partial charge in [0.15, 0.2) is 11.5 Å². The van der Waals surface area contributed by atoms with Crippen LogP contribution < -0.4 is 14.4 Å². The first-order chi connectivity index (χ1) is 12.5. The van der Waals surface area contributed by atoms with E-state index in [9.17, 15) is 9.59 Å². The number of carbonyl (C=O) groups is 2. The lowest BCUT2D eigenvalue weighted by Gasteiger charge is -2.39. The molecule has 1 unspecified atom stereocenters. The van der Waals surface area contributed by atoms with E-state index in [0.717, 1.165) is 11.3 Å². The number of carbonyl (C=O) groups excluding carboxylic acids is 2. The van der Waals surface area contributed by atoms with Gasteiger partial charge in [0, 0.05) is 24.3 Å². The highest BCUT2D eigenvalue weighted by molar-refractivity contribution is 6.03. The number of amides is 2. The number of piperazine rings is 1. The standard InChI is InChI=1S/C20H20N2O4/c1-13-4-3-5-16(10-13)22-9-8-21(14(2)19(22)23)20(24)15-6-7-17-18(11-15)26-12-25-17/h3-7,10-11,14H,8-9,12H2,1-2H3. The molecule has 2 amide bonds. The summed E-state index contributed by atoms with van der Waals surface area (Å²) in [6.45, 7) is 4.89. The van der Waals surface area contributed by atoms with Crippen LogP contribution in [0.5, 0.6) is 11.5 Å². The predicted octanol–water partition coefficient (Wildman–Crippen LogP) is 2.60. The number of hydrogen-bond acceptors (Lipinski definition) is 4. The fourth-order valence-corrected chi connectivity index (χ4v) is 3.40. The maximum atomic E-state index is 12.9. The van der Waals surface area contributed by atoms with Crippen LogP contribution in [0.3, 0.4) is 0 Å². The Morgan fingerprint density at radius 3 is 2.69 bits per heavy atom. The van der Waals surface area contributed by atoms with Crippen LogP contribution in [0.1, 0.15) is 22.8 Å². The van der Waals surface area contributed by atoms with Crippen molar-refractivity contribution in [3.8, 4) is 11.5 Å². The van der Waals surface area contributed by atoms with E-state index in [1.807, 2.05) is 31.2 Å². The molecule has 0 spiro atoms. The molecule has 2 heterocycles. The lowest BCUT2D eigenvalue weighted by atomic mass is 10.1. The van der Waals surface area contributed by atoms with Crippen LogP contribution in [0.2, 0.25) is 0 Å². The number of ether oxygens (including phenoxy) is 2. The van der Waals surface area contributed by atoms with E-state index in [0.29, 0.717) is 30.2 Å². The highest BCUT2D eigenvalue weighted by Crippen LogP contribution is 2.33. The van der Waals surface area contributed by atoms with Crippen molar-refractivity contribution in [1.29, 1.82) is 0 Å². The molecular weight excluding hydrogens is 332 g/mol. The van der Waals surface area contributed by atoms with Gasteiger partial charge in [-0.15, -0.1) is 0 Å². The van der Waals surface area contributed by atoms with E-state index in [1.165, 1.54) is 0 Å². The molecule has 1 fully saturated rings. The highest BCUT2D eigenvalue weighted by atomic mass is 16.7. The molecule has 1 atom stereocenters. The molecule has 6 heteroatoms. The Morgan fingerprint density at radius 2 is 1.88 bits per heavy atom. The van der Waals surface area contributed by atoms with Crippen LogP contribution in [-0.4, -0.2) is 42.6 Å². The summed E-state index contributed by atoms with van der Waals surface area (Å²) in [6.07, 6.45) is 0. The van der Waals surface area contributed by atoms with Crippen molar-refractivity contribution < 1.29 is 19.1 Å². The van der Waals surface area contributed by atoms with Crippen molar-refractivity contribution in [2.75, 3.05) is 24.8 Å². The maximum Gasteiger partial charge on any atom is 0.254 e. The van der Waals surface area contributed by atoms with Gasteiger partial charge < -0.3 is 19.3 Å². The number of aryl methyl sites for hydroxylation is 1. The van der Waals surface area contributed by atoms with Gasteiger partial charge in [0.2, 0.25) is 12.7 Å². The Balaban J connectivity index is 1.54. The van der Waals surface area contributed by atoms with Crippen LogP contribution in [0, 0.1) is 6.92 Å². The molecule has 0 N–H and O–H groups in total. The van der Waals surface area contributed by atoms with Gasteiger partial charge in [-0.2, -0.15) is 0 Å². The molecule has 2 aromatic carbocycles. The van der Waals surface area contributed by atoms with Crippen LogP contribution >= 0.6 is 0 Å². The van der Waals surface area contributed by atoms with E-state index in [-0.39, 0.29) is 18.6 Å². The predicted molar refractivity (Wildman–Crippen MR) is 96.6 cm³/mol. The van der Waals surface area contributed by atoms with Crippen LogP contribution in [-0.2, 0) is 4.79 Å². The maximum absolute atomic E-state index is 12.9. The molecule has 2 aromatic rings. The van der Waals surface area contributed by atoms with Gasteiger partial charge in [-0.05, 0) is 49.7 Å². The minimum atomic E-state index is -0.526. The number of hydrogen-bond donors (Lipinski definition) is 0. The SMILES string of the molecule is Cc1cccc(N2CCN(C(=O)c3ccc4c(c3)OCO4)C(C)C2=O)c1. The second-order valence-electron chi connectivity index (χ2n) is 6.57. The molecule has 6 nitrogen and oxygen atoms in total. The summed E-state index contributed by atoms with van der Waals surface area (Å²) in [5, 5.41) is 0. The summed E-state index contributed by atoms with van der Waals surface area (Å²) < 4.78 is 10.6. The Hall–Kier alpha value is -3.02. The summed E-state index contributed by atoms with van der Waals surface area (Å²) in [7, 11) is 0. The zero-order valence-electron chi connectivity index (χ0n) is 14.8. The first kappa shape index (κ1) is 16.4. The largest absolute Gasteiger partial charge is 0.454 e. The van der Waals surface area contributed by atoms with Gasteiger partial charge in [-0.3, -0.25) is 9.59 Å². The first-order valence-electron chi connectivity index (χ1n) is 8.63. The van der Waals surface area contributed by atoms with Gasteiger partial charge in [-0.25, -0.2) is 0 Å². The molecule has 2 aliphatic heterocycles. The third kappa shape index (κ3) is 2.77. The van der Waals surface area contributed by atoms with Crippen molar-refractivity contribution in [2.24, 2.45) is 0 Å². The second-order valence-corrected chi connectivity index (χ2v) is 6.57. The van der Waals surface area contributed by atoms with E-state index in [1.54, 1.807) is 34.9 Å². The van der Waals surface area contributed by atoms with Crippen LogP contribution in [0.4, 0.5) is 5.69 Å². The quantitative estimate of drug-likeness (QED) is 0.834. The van der Waals surface area contributed by atoms with Gasteiger partial charge in [-0.1, -0.05) is 12.1 Å². The summed E-state index contributed by atoms with van der Waals surface area (Å²) in [5.41, 5.74) is 2.47. The Bertz CT molecular complexity index is 880. The molecule has 0 bridgehead atoms. The van der Waals surface area contributed by atoms with Gasteiger partial charge in [0.25, 0.3) is 5.91 Å². The molecule has 0 aromatic heterocycles. The van der Waals surface area contributed by atoms with Gasteiger partial charge in [0.1, 0.15) is 6.04 Å². The zero-order chi connectivity index (χ0) is 18.3. The number of benzene rings is 2. The van der Waals surface area contributed by atoms with Crippen molar-refractivity contribution >= 4 is 17.5 Å². The number of nitrogens with zero attached hydrogens (tertiary/aromatic N) is 2. The summed E-state index contributed by atoms with van der Waals surface area (Å²) in [6, 6.07) is 12.4. The number of anilines is 1. The summed E-state index contributed by atoms with van der Waals surface area (Å²) in [5.74, 6) is 0.951. The zero-order valence-corrected chi connectivity index (χ0v) is 14.8. The van der Waals surface area contributed by atoms with Gasteiger partial charge in [0.05, 0.1) is 0 Å². The fourth-order valence-electron chi connectivity index (χ4n) is 3.40. The minimum Gasteiger partial charge on any atom is -0.454 e. The molecule has 1 saturated heterocycles. The Labute approximate surface area is 151 Å². The van der Waals surface area contributed by atoms with Crippen molar-refractivity contribution in [2.45, 2.75) is 19.9 Å². The van der Waals surface area contributed by atoms with Crippen molar-refractivity contribution in [3.63, 3.8) is 0 Å². The lowest BCUT2D eigenvalue weighted by molar-refractivity contribution is -0.124. The summed E-state index contributed by atoms with van der Waals surface area (Å²) >= 11 is 0. The average Bonchev–Trinajstić information content (AvgIpc) is 3.11. The molecule has 134 valence electrons. The van der Waals surface area contributed by atoms with E-state index >= 15 is 0 Å². The monoisotopic (exact) mass is 352 g/mol. The Kier molecular flexibility index (Phi) is 4.03. The van der Waals surface area contributed by atoms with E-state index in [4.69, 9.17) is 9.47 Å². The van der Waals surface area contributed by atoms with E-state index < -0.39 is 6.04 Å². The molecule has 2 aliphatic rings. The third-order valence-corrected chi connectivity index (χ3v) is 4.85. The first-order valence-corrected chi connectivity index (χ1v) is 8.63. The van der Waals surface area contributed by atoms with Gasteiger partial charge >= 0.3 is 0 Å². The van der Waals surface area contributed by atoms with Crippen molar-refractivity contribution in [3.05, 3.63) is 53.6 Å². The fraction of sp³-hybridized carbons (Fsp3) is 0.300. The molecule has 0 saturated carbocycles. The molecule has 26 heavy (non-hydrogen) atoms. The normalized spacial score (nSPS) is 19.0. The highest BCUT2D eigenvalue weighted by Gasteiger charge is 2.35. The number of rotatable bonds is 2. The molecule has 0 radical (unpaired) electrons. The van der Waals surface area contributed by atoms with Crippen LogP contribution in [0.25, 0.3) is 0 Å². The minimum absolute atomic E-state index is 0.0732. The Morgan fingerprint density at radius 1 is 1.08 bits per heavy atom. The van der Waals surface area contributed by atoms with Crippen LogP contribution in [0.15, 0.2) is 42.5 Å². The number of fused-ring (bicyclic) bond motifs is 1. The molecule has 4 rings (SSSR count). The third-order valence-electron chi connectivity index (χ3n) is 4.85. The lowest BCUT2D eigenvalue weighted by Crippen LogP contribution is -2.57. The molecular formula is C20H20N2O4. The average molecular weight is 352 g/mol. The summed E-state index contributed by atoms with van der Waals surface area (Å²) in [4.78, 5) is 29.1.